The molecule has 92 valence electrons. The number of hydrogen-bond donors (Lipinski definition) is 2. The van der Waals surface area contributed by atoms with E-state index in [1.54, 1.807) is 12.4 Å². The number of nitrogens with one attached hydrogen (secondary N) is 1. The highest BCUT2D eigenvalue weighted by Crippen LogP contribution is 2.28. The van der Waals surface area contributed by atoms with E-state index < -0.39 is 4.92 Å². The second-order valence-electron chi connectivity index (χ2n) is 3.56. The number of anilines is 1. The van der Waals surface area contributed by atoms with Crippen LogP contribution in [0.4, 0.5) is 11.4 Å². The Labute approximate surface area is 102 Å². The maximum Gasteiger partial charge on any atom is 0.296 e. The molecule has 7 nitrogen and oxygen atoms in total. The average Bonchev–Trinajstić information content (AvgIpc) is 2.38. The van der Waals surface area contributed by atoms with Crippen molar-refractivity contribution in [2.45, 2.75) is 6.54 Å². The van der Waals surface area contributed by atoms with Crippen LogP contribution in [0.5, 0.6) is 5.75 Å². The highest BCUT2D eigenvalue weighted by molar-refractivity contribution is 5.63. The van der Waals surface area contributed by atoms with Gasteiger partial charge in [-0.25, -0.2) is 9.97 Å². The molecule has 0 radical (unpaired) electrons. The fraction of sp³-hybridized carbons (Fsp3) is 0.0909. The van der Waals surface area contributed by atoms with E-state index in [0.29, 0.717) is 12.2 Å². The van der Waals surface area contributed by atoms with Gasteiger partial charge in [0.1, 0.15) is 17.8 Å². The summed E-state index contributed by atoms with van der Waals surface area (Å²) in [6.07, 6.45) is 4.64. The molecule has 0 amide bonds. The van der Waals surface area contributed by atoms with Gasteiger partial charge in [-0.15, -0.1) is 0 Å². The van der Waals surface area contributed by atoms with E-state index in [1.165, 1.54) is 18.5 Å². The Morgan fingerprint density at radius 2 is 2.06 bits per heavy atom. The van der Waals surface area contributed by atoms with Gasteiger partial charge in [-0.05, 0) is 12.1 Å². The van der Waals surface area contributed by atoms with Crippen molar-refractivity contribution in [3.8, 4) is 5.75 Å². The van der Waals surface area contributed by atoms with Crippen molar-refractivity contribution in [1.29, 1.82) is 0 Å². The number of aromatic nitrogens is 2. The van der Waals surface area contributed by atoms with Crippen LogP contribution in [0.1, 0.15) is 5.56 Å². The van der Waals surface area contributed by atoms with Gasteiger partial charge < -0.3 is 10.4 Å². The number of aromatic hydroxyl groups is 1. The zero-order valence-corrected chi connectivity index (χ0v) is 9.28. The quantitative estimate of drug-likeness (QED) is 0.483. The van der Waals surface area contributed by atoms with Crippen LogP contribution in [0.15, 0.2) is 36.9 Å². The minimum atomic E-state index is -0.552. The standard InChI is InChI=1S/C11H10N4O3/c16-9-1-2-10(11(3-9)15(17)18)14-6-8-4-12-7-13-5-8/h1-5,7,14,16H,6H2. The number of phenols is 1. The molecule has 0 atom stereocenters. The van der Waals surface area contributed by atoms with E-state index in [9.17, 15) is 15.2 Å². The molecule has 0 aliphatic carbocycles. The van der Waals surface area contributed by atoms with Crippen LogP contribution in [-0.2, 0) is 6.54 Å². The molecular formula is C11H10N4O3. The molecule has 0 unspecified atom stereocenters. The third-order valence-electron chi connectivity index (χ3n) is 2.28. The average molecular weight is 246 g/mol. The van der Waals surface area contributed by atoms with Gasteiger partial charge in [-0.2, -0.15) is 0 Å². The van der Waals surface area contributed by atoms with Crippen LogP contribution in [0.25, 0.3) is 0 Å². The second-order valence-corrected chi connectivity index (χ2v) is 3.56. The van der Waals surface area contributed by atoms with Gasteiger partial charge in [0, 0.05) is 24.5 Å². The van der Waals surface area contributed by atoms with Crippen molar-refractivity contribution in [2.75, 3.05) is 5.32 Å². The number of rotatable bonds is 4. The minimum Gasteiger partial charge on any atom is -0.508 e. The van der Waals surface area contributed by atoms with E-state index in [2.05, 4.69) is 15.3 Å². The molecule has 2 aromatic rings. The SMILES string of the molecule is O=[N+]([O-])c1cc(O)ccc1NCc1cncnc1. The zero-order valence-electron chi connectivity index (χ0n) is 9.28. The topological polar surface area (TPSA) is 101 Å². The molecule has 18 heavy (non-hydrogen) atoms. The maximum absolute atomic E-state index is 10.8. The number of phenolic OH excluding ortho intramolecular Hbond substituents is 1. The lowest BCUT2D eigenvalue weighted by molar-refractivity contribution is -0.384. The molecule has 0 fully saturated rings. The molecule has 0 bridgehead atoms. The second kappa shape index (κ2) is 5.09. The summed E-state index contributed by atoms with van der Waals surface area (Å²) in [5.74, 6) is -0.143. The van der Waals surface area contributed by atoms with E-state index in [4.69, 9.17) is 0 Å². The van der Waals surface area contributed by atoms with Crippen molar-refractivity contribution in [1.82, 2.24) is 9.97 Å². The predicted octanol–water partition coefficient (Wildman–Crippen LogP) is 1.70. The van der Waals surface area contributed by atoms with Gasteiger partial charge in [0.25, 0.3) is 5.69 Å². The molecule has 0 aliphatic heterocycles. The first-order chi connectivity index (χ1) is 8.66. The predicted molar refractivity (Wildman–Crippen MR) is 64.1 cm³/mol. The van der Waals surface area contributed by atoms with Crippen molar-refractivity contribution < 1.29 is 10.0 Å². The molecule has 1 aromatic carbocycles. The summed E-state index contributed by atoms with van der Waals surface area (Å²) in [7, 11) is 0. The number of nitrogens with zero attached hydrogens (tertiary/aromatic N) is 3. The summed E-state index contributed by atoms with van der Waals surface area (Å²) in [5, 5.41) is 22.9. The molecular weight excluding hydrogens is 236 g/mol. The molecule has 1 aromatic heterocycles. The summed E-state index contributed by atoms with van der Waals surface area (Å²) >= 11 is 0. The normalized spacial score (nSPS) is 10.0. The third kappa shape index (κ3) is 2.70. The summed E-state index contributed by atoms with van der Waals surface area (Å²) in [4.78, 5) is 18.0. The summed E-state index contributed by atoms with van der Waals surface area (Å²) < 4.78 is 0. The molecule has 0 spiro atoms. The van der Waals surface area contributed by atoms with Gasteiger partial charge in [0.05, 0.1) is 11.0 Å². The van der Waals surface area contributed by atoms with Crippen LogP contribution in [0, 0.1) is 10.1 Å². The molecule has 1 heterocycles. The van der Waals surface area contributed by atoms with Gasteiger partial charge in [-0.1, -0.05) is 0 Å². The van der Waals surface area contributed by atoms with Crippen LogP contribution in [0.2, 0.25) is 0 Å². The Morgan fingerprint density at radius 1 is 1.33 bits per heavy atom. The van der Waals surface area contributed by atoms with Crippen LogP contribution in [0.3, 0.4) is 0 Å². The molecule has 2 N–H and O–H groups in total. The molecule has 0 saturated heterocycles. The third-order valence-corrected chi connectivity index (χ3v) is 2.28. The van der Waals surface area contributed by atoms with Crippen LogP contribution in [-0.4, -0.2) is 20.0 Å². The highest BCUT2D eigenvalue weighted by Gasteiger charge is 2.14. The van der Waals surface area contributed by atoms with E-state index >= 15 is 0 Å². The van der Waals surface area contributed by atoms with Crippen LogP contribution >= 0.6 is 0 Å². The maximum atomic E-state index is 10.8. The molecule has 7 heteroatoms. The van der Waals surface area contributed by atoms with E-state index in [-0.39, 0.29) is 11.4 Å². The fourth-order valence-corrected chi connectivity index (χ4v) is 1.44. The summed E-state index contributed by atoms with van der Waals surface area (Å²) in [6.45, 7) is 0.368. The van der Waals surface area contributed by atoms with Crippen molar-refractivity contribution >= 4 is 11.4 Å². The Balaban J connectivity index is 2.17. The lowest BCUT2D eigenvalue weighted by Crippen LogP contribution is -2.03. The van der Waals surface area contributed by atoms with Gasteiger partial charge in [-0.3, -0.25) is 10.1 Å². The largest absolute Gasteiger partial charge is 0.508 e. The van der Waals surface area contributed by atoms with E-state index in [0.717, 1.165) is 11.6 Å². The smallest absolute Gasteiger partial charge is 0.296 e. The number of nitro groups is 1. The Hall–Kier alpha value is -2.70. The van der Waals surface area contributed by atoms with Gasteiger partial charge in [0.15, 0.2) is 0 Å². The van der Waals surface area contributed by atoms with Crippen molar-refractivity contribution in [3.05, 3.63) is 52.6 Å². The Kier molecular flexibility index (Phi) is 3.33. The number of benzene rings is 1. The summed E-state index contributed by atoms with van der Waals surface area (Å²) in [5.41, 5.74) is 0.966. The first-order valence-electron chi connectivity index (χ1n) is 5.12. The Bertz CT molecular complexity index is 559. The first kappa shape index (κ1) is 11.8. The lowest BCUT2D eigenvalue weighted by atomic mass is 10.2. The lowest BCUT2D eigenvalue weighted by Gasteiger charge is -2.06. The fourth-order valence-electron chi connectivity index (χ4n) is 1.44. The molecule has 0 aliphatic rings. The van der Waals surface area contributed by atoms with Gasteiger partial charge >= 0.3 is 0 Å². The van der Waals surface area contributed by atoms with E-state index in [1.807, 2.05) is 0 Å². The zero-order chi connectivity index (χ0) is 13.0. The number of nitro benzene ring substituents is 1. The summed E-state index contributed by atoms with van der Waals surface area (Å²) in [6, 6.07) is 3.94. The molecule has 2 rings (SSSR count). The minimum absolute atomic E-state index is 0.143. The highest BCUT2D eigenvalue weighted by atomic mass is 16.6. The monoisotopic (exact) mass is 246 g/mol. The molecule has 0 saturated carbocycles. The van der Waals surface area contributed by atoms with Crippen LogP contribution < -0.4 is 5.32 Å². The number of hydrogen-bond acceptors (Lipinski definition) is 6. The first-order valence-corrected chi connectivity index (χ1v) is 5.12. The van der Waals surface area contributed by atoms with Crippen molar-refractivity contribution in [2.24, 2.45) is 0 Å². The van der Waals surface area contributed by atoms with Crippen molar-refractivity contribution in [3.63, 3.8) is 0 Å². The van der Waals surface area contributed by atoms with Gasteiger partial charge in [0.2, 0.25) is 0 Å². The Morgan fingerprint density at radius 3 is 2.72 bits per heavy atom.